The van der Waals surface area contributed by atoms with E-state index in [-0.39, 0.29) is 12.1 Å². The van der Waals surface area contributed by atoms with Crippen LogP contribution in [-0.4, -0.2) is 6.10 Å². The molecule has 2 unspecified atom stereocenters. The predicted octanol–water partition coefficient (Wildman–Crippen LogP) is 1.91. The van der Waals surface area contributed by atoms with Crippen molar-refractivity contribution in [1.29, 1.82) is 0 Å². The van der Waals surface area contributed by atoms with Gasteiger partial charge in [0.2, 0.25) is 0 Å². The van der Waals surface area contributed by atoms with Crippen molar-refractivity contribution >= 4 is 0 Å². The number of rotatable bonds is 0. The van der Waals surface area contributed by atoms with Crippen LogP contribution in [0.25, 0.3) is 0 Å². The molecule has 1 heterocycles. The number of hydrogen-bond donors (Lipinski definition) is 1. The van der Waals surface area contributed by atoms with Gasteiger partial charge in [0, 0.05) is 0 Å². The molecule has 1 aromatic carbocycles. The number of nitrogens with two attached hydrogens (primary N) is 1. The van der Waals surface area contributed by atoms with E-state index >= 15 is 0 Å². The molecule has 0 spiro atoms. The fourth-order valence-electron chi connectivity index (χ4n) is 1.90. The Morgan fingerprint density at radius 3 is 3.00 bits per heavy atom. The number of fused-ring (bicyclic) bond motifs is 1. The van der Waals surface area contributed by atoms with E-state index in [1.807, 2.05) is 6.92 Å². The van der Waals surface area contributed by atoms with Crippen LogP contribution in [0.15, 0.2) is 18.2 Å². The highest BCUT2D eigenvalue weighted by Gasteiger charge is 2.24. The molecule has 0 saturated carbocycles. The first-order chi connectivity index (χ1) is 6.20. The monoisotopic (exact) mass is 177 g/mol. The van der Waals surface area contributed by atoms with Crippen molar-refractivity contribution in [2.45, 2.75) is 32.6 Å². The predicted molar refractivity (Wildman–Crippen MR) is 52.4 cm³/mol. The Morgan fingerprint density at radius 2 is 2.23 bits per heavy atom. The number of hydrogen-bond acceptors (Lipinski definition) is 2. The molecule has 0 aliphatic carbocycles. The van der Waals surface area contributed by atoms with Gasteiger partial charge in [-0.1, -0.05) is 18.2 Å². The van der Waals surface area contributed by atoms with E-state index in [9.17, 15) is 0 Å². The average molecular weight is 177 g/mol. The van der Waals surface area contributed by atoms with Gasteiger partial charge in [-0.05, 0) is 30.5 Å². The molecule has 2 heteroatoms. The molecule has 1 aliphatic rings. The normalized spacial score (nSPS) is 27.0. The maximum atomic E-state index is 6.07. The lowest BCUT2D eigenvalue weighted by molar-refractivity contribution is 0.0211. The summed E-state index contributed by atoms with van der Waals surface area (Å²) in [6.45, 7) is 4.84. The van der Waals surface area contributed by atoms with Crippen molar-refractivity contribution in [2.75, 3.05) is 0 Å². The van der Waals surface area contributed by atoms with E-state index in [1.165, 1.54) is 16.7 Å². The Hall–Kier alpha value is -0.860. The van der Waals surface area contributed by atoms with Crippen LogP contribution < -0.4 is 5.73 Å². The van der Waals surface area contributed by atoms with E-state index in [1.54, 1.807) is 0 Å². The number of ether oxygens (including phenoxy) is 1. The van der Waals surface area contributed by atoms with Gasteiger partial charge in [0.25, 0.3) is 0 Å². The summed E-state index contributed by atoms with van der Waals surface area (Å²) in [7, 11) is 0. The summed E-state index contributed by atoms with van der Waals surface area (Å²) in [5.41, 5.74) is 9.86. The van der Waals surface area contributed by atoms with E-state index < -0.39 is 0 Å². The minimum Gasteiger partial charge on any atom is -0.372 e. The lowest BCUT2D eigenvalue weighted by atomic mass is 9.91. The second kappa shape index (κ2) is 3.13. The smallest absolute Gasteiger partial charge is 0.0744 e. The zero-order chi connectivity index (χ0) is 9.42. The molecule has 13 heavy (non-hydrogen) atoms. The van der Waals surface area contributed by atoms with Gasteiger partial charge < -0.3 is 10.5 Å². The summed E-state index contributed by atoms with van der Waals surface area (Å²) < 4.78 is 5.55. The molecule has 70 valence electrons. The molecule has 2 atom stereocenters. The van der Waals surface area contributed by atoms with Crippen molar-refractivity contribution in [3.05, 3.63) is 34.9 Å². The molecule has 0 radical (unpaired) electrons. The van der Waals surface area contributed by atoms with Gasteiger partial charge in [-0.3, -0.25) is 0 Å². The van der Waals surface area contributed by atoms with E-state index in [0.29, 0.717) is 6.61 Å². The fraction of sp³-hybridized carbons (Fsp3) is 0.455. The first kappa shape index (κ1) is 8.73. The highest BCUT2D eigenvalue weighted by Crippen LogP contribution is 2.29. The largest absolute Gasteiger partial charge is 0.372 e. The average Bonchev–Trinajstić information content (AvgIpc) is 2.12. The Labute approximate surface area is 78.7 Å². The van der Waals surface area contributed by atoms with Crippen LogP contribution in [0.1, 0.15) is 29.7 Å². The Kier molecular flexibility index (Phi) is 2.10. The van der Waals surface area contributed by atoms with Gasteiger partial charge in [0.1, 0.15) is 0 Å². The molecule has 0 fully saturated rings. The molecule has 2 nitrogen and oxygen atoms in total. The van der Waals surface area contributed by atoms with Crippen LogP contribution in [-0.2, 0) is 11.3 Å². The van der Waals surface area contributed by atoms with Gasteiger partial charge >= 0.3 is 0 Å². The first-order valence-electron chi connectivity index (χ1n) is 4.65. The minimum atomic E-state index is 0.0324. The van der Waals surface area contributed by atoms with Crippen LogP contribution in [0.3, 0.4) is 0 Å². The highest BCUT2D eigenvalue weighted by atomic mass is 16.5. The van der Waals surface area contributed by atoms with E-state index in [0.717, 1.165) is 0 Å². The zero-order valence-corrected chi connectivity index (χ0v) is 8.08. The summed E-state index contributed by atoms with van der Waals surface area (Å²) in [5.74, 6) is 0. The molecular formula is C11H15NO. The van der Waals surface area contributed by atoms with Gasteiger partial charge in [0.05, 0.1) is 18.8 Å². The summed E-state index contributed by atoms with van der Waals surface area (Å²) in [6, 6.07) is 6.29. The standard InChI is InChI=1S/C11H15NO/c1-7-4-3-5-9-6-13-8(2)11(12)10(7)9/h3-5,8,11H,6,12H2,1-2H3. The van der Waals surface area contributed by atoms with Crippen molar-refractivity contribution in [3.8, 4) is 0 Å². The lowest BCUT2D eigenvalue weighted by Crippen LogP contribution is -2.32. The van der Waals surface area contributed by atoms with Gasteiger partial charge in [-0.2, -0.15) is 0 Å². The van der Waals surface area contributed by atoms with Crippen molar-refractivity contribution in [3.63, 3.8) is 0 Å². The SMILES string of the molecule is Cc1cccc2c1C(N)C(C)OC2. The van der Waals surface area contributed by atoms with Crippen molar-refractivity contribution in [2.24, 2.45) is 5.73 Å². The van der Waals surface area contributed by atoms with Gasteiger partial charge in [-0.15, -0.1) is 0 Å². The summed E-state index contributed by atoms with van der Waals surface area (Å²) >= 11 is 0. The maximum absolute atomic E-state index is 6.07. The minimum absolute atomic E-state index is 0.0324. The topological polar surface area (TPSA) is 35.2 Å². The van der Waals surface area contributed by atoms with Crippen molar-refractivity contribution < 1.29 is 4.74 Å². The van der Waals surface area contributed by atoms with Gasteiger partial charge in [0.15, 0.2) is 0 Å². The van der Waals surface area contributed by atoms with Crippen LogP contribution >= 0.6 is 0 Å². The fourth-order valence-corrected chi connectivity index (χ4v) is 1.90. The number of aryl methyl sites for hydroxylation is 1. The molecule has 0 amide bonds. The molecule has 1 aliphatic heterocycles. The second-order valence-electron chi connectivity index (χ2n) is 3.69. The van der Waals surface area contributed by atoms with Crippen LogP contribution in [0.2, 0.25) is 0 Å². The summed E-state index contributed by atoms with van der Waals surface area (Å²) in [5, 5.41) is 0. The van der Waals surface area contributed by atoms with Crippen LogP contribution in [0.4, 0.5) is 0 Å². The van der Waals surface area contributed by atoms with Gasteiger partial charge in [-0.25, -0.2) is 0 Å². The Morgan fingerprint density at radius 1 is 1.46 bits per heavy atom. The third-order valence-corrected chi connectivity index (χ3v) is 2.76. The third-order valence-electron chi connectivity index (χ3n) is 2.76. The molecule has 0 aromatic heterocycles. The summed E-state index contributed by atoms with van der Waals surface area (Å²) in [4.78, 5) is 0. The number of benzene rings is 1. The molecule has 0 saturated heterocycles. The maximum Gasteiger partial charge on any atom is 0.0744 e. The summed E-state index contributed by atoms with van der Waals surface area (Å²) in [6.07, 6.45) is 0.133. The van der Waals surface area contributed by atoms with E-state index in [2.05, 4.69) is 25.1 Å². The van der Waals surface area contributed by atoms with Crippen molar-refractivity contribution in [1.82, 2.24) is 0 Å². The third kappa shape index (κ3) is 1.36. The zero-order valence-electron chi connectivity index (χ0n) is 8.08. The Balaban J connectivity index is 2.51. The quantitative estimate of drug-likeness (QED) is 0.657. The molecule has 2 rings (SSSR count). The lowest BCUT2D eigenvalue weighted by Gasteiger charge is -2.30. The van der Waals surface area contributed by atoms with E-state index in [4.69, 9.17) is 10.5 Å². The Bertz CT molecular complexity index is 322. The molecule has 0 bridgehead atoms. The second-order valence-corrected chi connectivity index (χ2v) is 3.69. The molecule has 1 aromatic rings. The molecule has 2 N–H and O–H groups in total. The highest BCUT2D eigenvalue weighted by molar-refractivity contribution is 5.38. The van der Waals surface area contributed by atoms with Crippen LogP contribution in [0.5, 0.6) is 0 Å². The van der Waals surface area contributed by atoms with Crippen LogP contribution in [0, 0.1) is 6.92 Å². The molecular weight excluding hydrogens is 162 g/mol. The first-order valence-corrected chi connectivity index (χ1v) is 4.65.